The monoisotopic (exact) mass is 385 g/mol. The molecule has 2 aliphatic rings. The summed E-state index contributed by atoms with van der Waals surface area (Å²) in [6, 6.07) is 11.8. The van der Waals surface area contributed by atoms with Crippen molar-refractivity contribution in [1.29, 1.82) is 0 Å². The molecular weight excluding hydrogens is 362 g/mol. The first kappa shape index (κ1) is 18.3. The second kappa shape index (κ2) is 7.49. The lowest BCUT2D eigenvalue weighted by Gasteiger charge is -2.35. The zero-order valence-corrected chi connectivity index (χ0v) is 16.2. The van der Waals surface area contributed by atoms with Crippen molar-refractivity contribution in [3.8, 4) is 0 Å². The molecule has 1 aromatic heterocycles. The van der Waals surface area contributed by atoms with Crippen molar-refractivity contribution in [2.75, 3.05) is 7.05 Å². The van der Waals surface area contributed by atoms with Crippen LogP contribution in [-0.4, -0.2) is 40.5 Å². The van der Waals surface area contributed by atoms with E-state index < -0.39 is 0 Å². The maximum absolute atomic E-state index is 13.0. The first-order valence-corrected chi connectivity index (χ1v) is 9.86. The Labute approximate surface area is 163 Å². The first-order valence-electron chi connectivity index (χ1n) is 9.48. The lowest BCUT2D eigenvalue weighted by molar-refractivity contribution is 0.0680. The first-order chi connectivity index (χ1) is 13.0. The van der Waals surface area contributed by atoms with Crippen LogP contribution < -0.4 is 10.9 Å². The minimum absolute atomic E-state index is 0.0331. The number of nitrogens with zero attached hydrogens (tertiary/aromatic N) is 2. The SMILES string of the molecule is CN(C(=O)c1ccc(=O)n(Cc2ccccc2Cl)c1)C1CC2CCC(C1)N2. The Morgan fingerprint density at radius 2 is 1.89 bits per heavy atom. The van der Waals surface area contributed by atoms with Crippen LogP contribution in [0.25, 0.3) is 0 Å². The van der Waals surface area contributed by atoms with Gasteiger partial charge in [-0.2, -0.15) is 0 Å². The Balaban J connectivity index is 1.54. The van der Waals surface area contributed by atoms with E-state index in [1.54, 1.807) is 22.9 Å². The quantitative estimate of drug-likeness (QED) is 0.880. The molecule has 0 aliphatic carbocycles. The van der Waals surface area contributed by atoms with Crippen molar-refractivity contribution in [1.82, 2.24) is 14.8 Å². The van der Waals surface area contributed by atoms with Gasteiger partial charge in [-0.25, -0.2) is 0 Å². The molecule has 3 heterocycles. The van der Waals surface area contributed by atoms with E-state index in [-0.39, 0.29) is 17.5 Å². The Morgan fingerprint density at radius 1 is 1.19 bits per heavy atom. The predicted octanol–water partition coefficient (Wildman–Crippen LogP) is 2.91. The van der Waals surface area contributed by atoms with Gasteiger partial charge >= 0.3 is 0 Å². The number of carbonyl (C=O) groups is 1. The maximum Gasteiger partial charge on any atom is 0.255 e. The second-order valence-corrected chi connectivity index (χ2v) is 8.06. The predicted molar refractivity (Wildman–Crippen MR) is 106 cm³/mol. The molecule has 2 aliphatic heterocycles. The van der Waals surface area contributed by atoms with Crippen LogP contribution in [0.4, 0.5) is 0 Å². The summed E-state index contributed by atoms with van der Waals surface area (Å²) in [6.07, 6.45) is 6.05. The van der Waals surface area contributed by atoms with Crippen LogP contribution in [0.15, 0.2) is 47.4 Å². The summed E-state index contributed by atoms with van der Waals surface area (Å²) in [7, 11) is 1.88. The number of benzene rings is 1. The molecule has 4 rings (SSSR count). The number of nitrogens with one attached hydrogen (secondary N) is 1. The Hall–Kier alpha value is -2.11. The zero-order valence-electron chi connectivity index (χ0n) is 15.4. The molecule has 5 nitrogen and oxygen atoms in total. The molecule has 2 atom stereocenters. The van der Waals surface area contributed by atoms with Gasteiger partial charge < -0.3 is 14.8 Å². The van der Waals surface area contributed by atoms with Crippen molar-refractivity contribution in [2.45, 2.75) is 50.4 Å². The molecule has 27 heavy (non-hydrogen) atoms. The van der Waals surface area contributed by atoms with Crippen molar-refractivity contribution < 1.29 is 4.79 Å². The molecule has 1 amide bonds. The van der Waals surface area contributed by atoms with Gasteiger partial charge in [0.15, 0.2) is 0 Å². The van der Waals surface area contributed by atoms with Crippen LogP contribution in [0.3, 0.4) is 0 Å². The number of amides is 1. The number of pyridine rings is 1. The number of fused-ring (bicyclic) bond motifs is 2. The molecule has 1 N–H and O–H groups in total. The third kappa shape index (κ3) is 3.80. The van der Waals surface area contributed by atoms with Crippen LogP contribution in [0, 0.1) is 0 Å². The van der Waals surface area contributed by atoms with Crippen molar-refractivity contribution in [3.05, 3.63) is 69.1 Å². The topological polar surface area (TPSA) is 54.3 Å². The van der Waals surface area contributed by atoms with Gasteiger partial charge in [-0.05, 0) is 43.4 Å². The highest BCUT2D eigenvalue weighted by molar-refractivity contribution is 6.31. The fourth-order valence-corrected chi connectivity index (χ4v) is 4.50. The van der Waals surface area contributed by atoms with Gasteiger partial charge in [-0.3, -0.25) is 9.59 Å². The van der Waals surface area contributed by atoms with E-state index in [4.69, 9.17) is 11.6 Å². The minimum atomic E-state index is -0.144. The average molecular weight is 386 g/mol. The zero-order chi connectivity index (χ0) is 19.0. The molecule has 2 unspecified atom stereocenters. The average Bonchev–Trinajstić information content (AvgIpc) is 3.01. The summed E-state index contributed by atoms with van der Waals surface area (Å²) in [5.41, 5.74) is 1.25. The van der Waals surface area contributed by atoms with Gasteiger partial charge in [-0.1, -0.05) is 29.8 Å². The summed E-state index contributed by atoms with van der Waals surface area (Å²) in [6.45, 7) is 0.348. The van der Waals surface area contributed by atoms with E-state index >= 15 is 0 Å². The number of hydrogen-bond donors (Lipinski definition) is 1. The second-order valence-electron chi connectivity index (χ2n) is 7.65. The molecule has 2 bridgehead atoms. The van der Waals surface area contributed by atoms with Crippen molar-refractivity contribution >= 4 is 17.5 Å². The van der Waals surface area contributed by atoms with E-state index in [1.165, 1.54) is 18.9 Å². The van der Waals surface area contributed by atoms with Crippen LogP contribution >= 0.6 is 11.6 Å². The van der Waals surface area contributed by atoms with Gasteiger partial charge in [-0.15, -0.1) is 0 Å². The summed E-state index contributed by atoms with van der Waals surface area (Å²) >= 11 is 6.22. The third-order valence-electron chi connectivity index (χ3n) is 5.85. The van der Waals surface area contributed by atoms with Crippen LogP contribution in [0.1, 0.15) is 41.6 Å². The molecule has 2 fully saturated rings. The molecule has 0 spiro atoms. The van der Waals surface area contributed by atoms with Crippen LogP contribution in [-0.2, 0) is 6.54 Å². The summed E-state index contributed by atoms with van der Waals surface area (Å²) in [4.78, 5) is 27.1. The number of piperidine rings is 1. The fourth-order valence-electron chi connectivity index (χ4n) is 4.30. The van der Waals surface area contributed by atoms with Gasteiger partial charge in [0.1, 0.15) is 0 Å². The highest BCUT2D eigenvalue weighted by Crippen LogP contribution is 2.29. The van der Waals surface area contributed by atoms with Gasteiger partial charge in [0.2, 0.25) is 0 Å². The number of hydrogen-bond acceptors (Lipinski definition) is 3. The molecular formula is C21H24ClN3O2. The molecule has 0 radical (unpaired) electrons. The molecule has 2 aromatic rings. The van der Waals surface area contributed by atoms with E-state index in [0.717, 1.165) is 18.4 Å². The molecule has 6 heteroatoms. The van der Waals surface area contributed by atoms with E-state index in [1.807, 2.05) is 30.1 Å². The number of halogens is 1. The Morgan fingerprint density at radius 3 is 2.59 bits per heavy atom. The lowest BCUT2D eigenvalue weighted by Crippen LogP contribution is -2.48. The molecule has 2 saturated heterocycles. The van der Waals surface area contributed by atoms with Crippen molar-refractivity contribution in [3.63, 3.8) is 0 Å². The Kier molecular flexibility index (Phi) is 5.06. The lowest BCUT2D eigenvalue weighted by atomic mass is 9.98. The van der Waals surface area contributed by atoms with Gasteiger partial charge in [0.25, 0.3) is 11.5 Å². The summed E-state index contributed by atoms with van der Waals surface area (Å²) < 4.78 is 1.55. The minimum Gasteiger partial charge on any atom is -0.339 e. The van der Waals surface area contributed by atoms with Gasteiger partial charge in [0, 0.05) is 42.5 Å². The number of carbonyl (C=O) groups excluding carboxylic acids is 1. The molecule has 142 valence electrons. The normalized spacial score (nSPS) is 24.0. The van der Waals surface area contributed by atoms with Crippen LogP contribution in [0.5, 0.6) is 0 Å². The highest BCUT2D eigenvalue weighted by atomic mass is 35.5. The smallest absolute Gasteiger partial charge is 0.255 e. The molecule has 1 aromatic carbocycles. The van der Waals surface area contributed by atoms with Crippen LogP contribution in [0.2, 0.25) is 5.02 Å². The third-order valence-corrected chi connectivity index (χ3v) is 6.21. The van der Waals surface area contributed by atoms with Crippen molar-refractivity contribution in [2.24, 2.45) is 0 Å². The summed E-state index contributed by atoms with van der Waals surface area (Å²) in [5.74, 6) is -0.0331. The molecule has 0 saturated carbocycles. The fraction of sp³-hybridized carbons (Fsp3) is 0.429. The van der Waals surface area contributed by atoms with E-state index in [2.05, 4.69) is 5.32 Å². The van der Waals surface area contributed by atoms with Gasteiger partial charge in [0.05, 0.1) is 12.1 Å². The van der Waals surface area contributed by atoms with E-state index in [9.17, 15) is 9.59 Å². The maximum atomic E-state index is 13.0. The Bertz CT molecular complexity index is 898. The standard InChI is InChI=1S/C21H24ClN3O2/c1-24(18-10-16-7-8-17(11-18)23-16)21(27)15-6-9-20(26)25(13-15)12-14-4-2-3-5-19(14)22/h2-6,9,13,16-18,23H,7-8,10-12H2,1H3. The highest BCUT2D eigenvalue weighted by Gasteiger charge is 2.36. The number of rotatable bonds is 4. The largest absolute Gasteiger partial charge is 0.339 e. The van der Waals surface area contributed by atoms with E-state index in [0.29, 0.717) is 29.2 Å². The number of aromatic nitrogens is 1. The summed E-state index contributed by atoms with van der Waals surface area (Å²) in [5, 5.41) is 4.22.